The summed E-state index contributed by atoms with van der Waals surface area (Å²) >= 11 is 0. The Balaban J connectivity index is 2.34. The first-order chi connectivity index (χ1) is 27.6. The number of allylic oxidation sites excluding steroid dienone is 18. The van der Waals surface area contributed by atoms with Gasteiger partial charge in [0.05, 0.1) is 14.2 Å². The van der Waals surface area contributed by atoms with Crippen LogP contribution in [0.5, 0.6) is 23.0 Å². The van der Waals surface area contributed by atoms with E-state index in [1.54, 1.807) is 6.92 Å². The predicted molar refractivity (Wildman–Crippen MR) is 255 cm³/mol. The van der Waals surface area contributed by atoms with Crippen molar-refractivity contribution < 1.29 is 19.7 Å². The number of aromatic hydroxyl groups is 2. The molecule has 4 nitrogen and oxygen atoms in total. The number of rotatable bonds is 28. The first-order valence-electron chi connectivity index (χ1n) is 22.1. The van der Waals surface area contributed by atoms with Crippen LogP contribution in [0, 0.1) is 6.92 Å². The molecule has 0 bridgehead atoms. The number of benzene rings is 1. The van der Waals surface area contributed by atoms with Gasteiger partial charge in [-0.3, -0.25) is 0 Å². The van der Waals surface area contributed by atoms with Gasteiger partial charge in [0.25, 0.3) is 0 Å². The zero-order chi connectivity index (χ0) is 43.5. The molecule has 1 rings (SSSR count). The average Bonchev–Trinajstić information content (AvgIpc) is 3.16. The molecule has 1 aromatic carbocycles. The Hall–Kier alpha value is -3.92. The second-order valence-electron chi connectivity index (χ2n) is 17.1. The zero-order valence-corrected chi connectivity index (χ0v) is 39.4. The largest absolute Gasteiger partial charge is 0.504 e. The molecule has 0 aliphatic rings. The number of hydrogen-bond donors (Lipinski definition) is 2. The molecule has 4 heteroatoms. The summed E-state index contributed by atoms with van der Waals surface area (Å²) in [7, 11) is 2.91. The molecule has 324 valence electrons. The highest BCUT2D eigenvalue weighted by Crippen LogP contribution is 2.48. The van der Waals surface area contributed by atoms with Gasteiger partial charge < -0.3 is 19.7 Å². The highest BCUT2D eigenvalue weighted by Gasteiger charge is 2.22. The van der Waals surface area contributed by atoms with Crippen LogP contribution in [0.1, 0.15) is 183 Å². The van der Waals surface area contributed by atoms with E-state index in [2.05, 4.69) is 124 Å². The highest BCUT2D eigenvalue weighted by atomic mass is 16.5. The first-order valence-corrected chi connectivity index (χ1v) is 22.1. The van der Waals surface area contributed by atoms with Gasteiger partial charge in [-0.2, -0.15) is 0 Å². The van der Waals surface area contributed by atoms with E-state index in [0.717, 1.165) is 83.5 Å². The van der Waals surface area contributed by atoms with Crippen LogP contribution in [0.4, 0.5) is 0 Å². The molecule has 0 aromatic heterocycles. The molecule has 0 aliphatic heterocycles. The quantitative estimate of drug-likeness (QED) is 0.0655. The lowest BCUT2D eigenvalue weighted by Gasteiger charge is -2.17. The highest BCUT2D eigenvalue weighted by molar-refractivity contribution is 5.66. The fourth-order valence-corrected chi connectivity index (χ4v) is 6.98. The number of ether oxygens (including phenoxy) is 2. The van der Waals surface area contributed by atoms with Crippen molar-refractivity contribution in [3.63, 3.8) is 0 Å². The van der Waals surface area contributed by atoms with E-state index in [9.17, 15) is 10.2 Å². The smallest absolute Gasteiger partial charge is 0.207 e. The van der Waals surface area contributed by atoms with Gasteiger partial charge in [0.2, 0.25) is 11.5 Å². The lowest BCUT2D eigenvalue weighted by atomic mass is 9.99. The van der Waals surface area contributed by atoms with Crippen molar-refractivity contribution in [1.82, 2.24) is 0 Å². The molecule has 58 heavy (non-hydrogen) atoms. The van der Waals surface area contributed by atoms with Crippen LogP contribution in [-0.2, 0) is 6.42 Å². The molecule has 0 amide bonds. The minimum absolute atomic E-state index is 0.00647. The second-order valence-corrected chi connectivity index (χ2v) is 17.1. The van der Waals surface area contributed by atoms with Crippen LogP contribution in [0.25, 0.3) is 0 Å². The van der Waals surface area contributed by atoms with E-state index >= 15 is 0 Å². The van der Waals surface area contributed by atoms with Crippen molar-refractivity contribution in [1.29, 1.82) is 0 Å². The van der Waals surface area contributed by atoms with E-state index in [4.69, 9.17) is 9.47 Å². The van der Waals surface area contributed by atoms with Crippen LogP contribution in [0.15, 0.2) is 105 Å². The Bertz CT molecular complexity index is 1680. The standard InChI is InChI=1S/C54H84O4/c1-40(2)22-14-23-41(3)24-15-25-42(4)26-16-27-43(5)28-17-29-44(6)30-18-31-45(7)32-19-33-46(8)34-20-35-47(9)36-21-37-48(10)38-39-50-49(11)51(55)53(57-12)54(58-13)52(50)56/h22,24,26,28,30,32,34,36,38,55-56H,14-21,23,25,27,29,31,33,35,37,39H2,1-13H3. The molecule has 0 atom stereocenters. The molecule has 0 saturated heterocycles. The molecular weight excluding hydrogens is 713 g/mol. The van der Waals surface area contributed by atoms with Gasteiger partial charge in [0, 0.05) is 11.1 Å². The summed E-state index contributed by atoms with van der Waals surface area (Å²) in [5.74, 6) is 0.356. The van der Waals surface area contributed by atoms with Crippen molar-refractivity contribution >= 4 is 0 Å². The third kappa shape index (κ3) is 22.9. The zero-order valence-electron chi connectivity index (χ0n) is 39.4. The summed E-state index contributed by atoms with van der Waals surface area (Å²) in [6, 6.07) is 0. The Morgan fingerprint density at radius 2 is 0.621 bits per heavy atom. The van der Waals surface area contributed by atoms with Crippen molar-refractivity contribution in [3.05, 3.63) is 116 Å². The number of phenolic OH excluding ortho intramolecular Hbond substituents is 2. The molecule has 0 fully saturated rings. The maximum Gasteiger partial charge on any atom is 0.207 e. The Labute approximate surface area is 357 Å². The van der Waals surface area contributed by atoms with E-state index < -0.39 is 0 Å². The number of hydrogen-bond acceptors (Lipinski definition) is 4. The molecule has 0 aliphatic carbocycles. The monoisotopic (exact) mass is 797 g/mol. The second kappa shape index (κ2) is 30.2. The first kappa shape index (κ1) is 52.1. The molecule has 0 saturated carbocycles. The van der Waals surface area contributed by atoms with Crippen LogP contribution < -0.4 is 9.47 Å². The summed E-state index contributed by atoms with van der Waals surface area (Å²) in [6.07, 6.45) is 39.9. The normalized spacial score (nSPS) is 14.0. The van der Waals surface area contributed by atoms with Gasteiger partial charge in [-0.05, 0) is 185 Å². The van der Waals surface area contributed by atoms with E-state index in [0.29, 0.717) is 17.5 Å². The van der Waals surface area contributed by atoms with Crippen molar-refractivity contribution in [2.45, 2.75) is 185 Å². The van der Waals surface area contributed by atoms with Crippen LogP contribution >= 0.6 is 0 Å². The van der Waals surface area contributed by atoms with Crippen LogP contribution in [0.3, 0.4) is 0 Å². The van der Waals surface area contributed by atoms with Crippen LogP contribution in [-0.4, -0.2) is 24.4 Å². The lowest BCUT2D eigenvalue weighted by molar-refractivity contribution is 0.314. The molecule has 0 radical (unpaired) electrons. The summed E-state index contributed by atoms with van der Waals surface area (Å²) < 4.78 is 10.5. The fraction of sp³-hybridized carbons (Fsp3) is 0.556. The molecular formula is C54H84O4. The number of phenols is 2. The predicted octanol–water partition coefficient (Wildman–Crippen LogP) is 16.7. The molecule has 2 N–H and O–H groups in total. The van der Waals surface area contributed by atoms with E-state index in [1.165, 1.54) is 83.6 Å². The van der Waals surface area contributed by atoms with Crippen molar-refractivity contribution in [3.8, 4) is 23.0 Å². The summed E-state index contributed by atoms with van der Waals surface area (Å²) in [6.45, 7) is 24.2. The lowest BCUT2D eigenvalue weighted by Crippen LogP contribution is -1.98. The molecule has 0 unspecified atom stereocenters. The molecule has 0 spiro atoms. The maximum atomic E-state index is 10.7. The van der Waals surface area contributed by atoms with Crippen molar-refractivity contribution in [2.75, 3.05) is 14.2 Å². The maximum absolute atomic E-state index is 10.7. The minimum atomic E-state index is 0.00647. The Morgan fingerprint density at radius 1 is 0.379 bits per heavy atom. The van der Waals surface area contributed by atoms with Gasteiger partial charge in [0.15, 0.2) is 11.5 Å². The van der Waals surface area contributed by atoms with Gasteiger partial charge in [-0.15, -0.1) is 0 Å². The van der Waals surface area contributed by atoms with E-state index in [-0.39, 0.29) is 23.0 Å². The van der Waals surface area contributed by atoms with E-state index in [1.807, 2.05) is 0 Å². The topological polar surface area (TPSA) is 58.9 Å². The Kier molecular flexibility index (Phi) is 27.1. The SMILES string of the molecule is COc1c(O)c(C)c(CC=C(C)CCC=C(C)CCC=C(C)CCC=C(C)CCC=C(C)CCC=C(C)CCC=C(C)CCC=C(C)CCC=C(C)C)c(O)c1OC. The van der Waals surface area contributed by atoms with Gasteiger partial charge in [-0.1, -0.05) is 105 Å². The van der Waals surface area contributed by atoms with Gasteiger partial charge in [-0.25, -0.2) is 0 Å². The minimum Gasteiger partial charge on any atom is -0.504 e. The molecule has 1 aromatic rings. The summed E-state index contributed by atoms with van der Waals surface area (Å²) in [5.41, 5.74) is 14.4. The van der Waals surface area contributed by atoms with Crippen LogP contribution in [0.2, 0.25) is 0 Å². The third-order valence-electron chi connectivity index (χ3n) is 11.1. The average molecular weight is 797 g/mol. The third-order valence-corrected chi connectivity index (χ3v) is 11.1. The van der Waals surface area contributed by atoms with Gasteiger partial charge >= 0.3 is 0 Å². The summed E-state index contributed by atoms with van der Waals surface area (Å²) in [5, 5.41) is 21.3. The number of methoxy groups -OCH3 is 2. The van der Waals surface area contributed by atoms with Gasteiger partial charge in [0.1, 0.15) is 0 Å². The summed E-state index contributed by atoms with van der Waals surface area (Å²) in [4.78, 5) is 0. The fourth-order valence-electron chi connectivity index (χ4n) is 6.98. The van der Waals surface area contributed by atoms with Crippen molar-refractivity contribution in [2.24, 2.45) is 0 Å². The Morgan fingerprint density at radius 3 is 0.879 bits per heavy atom. The molecule has 0 heterocycles.